The smallest absolute Gasteiger partial charge is 0.106 e. The summed E-state index contributed by atoms with van der Waals surface area (Å²) in [6.07, 6.45) is -0.453. The molecule has 0 bridgehead atoms. The second kappa shape index (κ2) is 4.08. The van der Waals surface area contributed by atoms with Crippen molar-refractivity contribution < 1.29 is 5.11 Å². The topological polar surface area (TPSA) is 20.2 Å². The van der Waals surface area contributed by atoms with Crippen LogP contribution in [0.15, 0.2) is 28.3 Å². The summed E-state index contributed by atoms with van der Waals surface area (Å²) in [6.45, 7) is 0. The van der Waals surface area contributed by atoms with E-state index in [0.29, 0.717) is 0 Å². The third-order valence-corrected chi connectivity index (χ3v) is 4.27. The molecule has 0 radical (unpaired) electrons. The van der Waals surface area contributed by atoms with E-state index in [-0.39, 0.29) is 0 Å². The van der Waals surface area contributed by atoms with Crippen LogP contribution in [0.1, 0.15) is 17.2 Å². The van der Waals surface area contributed by atoms with E-state index in [1.165, 1.54) is 2.88 Å². The zero-order chi connectivity index (χ0) is 9.26. The van der Waals surface area contributed by atoms with Gasteiger partial charge in [0, 0.05) is 0 Å². The molecule has 0 saturated heterocycles. The van der Waals surface area contributed by atoms with Crippen LogP contribution in [0.2, 0.25) is 0 Å². The second-order valence-corrected chi connectivity index (χ2v) is 6.23. The molecule has 0 saturated carbocycles. The highest BCUT2D eigenvalue weighted by Gasteiger charge is 2.11. The van der Waals surface area contributed by atoms with E-state index in [1.54, 1.807) is 22.7 Å². The Morgan fingerprint density at radius 2 is 2.15 bits per heavy atom. The van der Waals surface area contributed by atoms with Crippen molar-refractivity contribution in [2.75, 3.05) is 0 Å². The second-order valence-electron chi connectivity index (χ2n) is 2.64. The van der Waals surface area contributed by atoms with E-state index < -0.39 is 6.10 Å². The molecule has 0 fully saturated rings. The zero-order valence-corrected chi connectivity index (χ0v) is 10.4. The Bertz CT molecular complexity index is 380. The minimum Gasteiger partial charge on any atom is -0.384 e. The van der Waals surface area contributed by atoms with Crippen molar-refractivity contribution in [2.45, 2.75) is 6.10 Å². The number of aliphatic hydroxyl groups is 1. The minimum atomic E-state index is -0.453. The first-order valence-electron chi connectivity index (χ1n) is 3.71. The van der Waals surface area contributed by atoms with Crippen LogP contribution in [0.4, 0.5) is 0 Å². The lowest BCUT2D eigenvalue weighted by Crippen LogP contribution is -1.94. The molecule has 1 atom stereocenters. The molecular weight excluding hydrogens is 315 g/mol. The van der Waals surface area contributed by atoms with Gasteiger partial charge in [-0.2, -0.15) is 11.3 Å². The summed E-state index contributed by atoms with van der Waals surface area (Å²) in [5.74, 6) is 0. The summed E-state index contributed by atoms with van der Waals surface area (Å²) in [5.41, 5.74) is 1.98. The summed E-state index contributed by atoms with van der Waals surface area (Å²) in [6, 6.07) is 3.98. The predicted octanol–water partition coefficient (Wildman–Crippen LogP) is 3.50. The van der Waals surface area contributed by atoms with Gasteiger partial charge in [-0.25, -0.2) is 0 Å². The Kier molecular flexibility index (Phi) is 3.02. The third kappa shape index (κ3) is 2.12. The Labute approximate surface area is 98.2 Å². The van der Waals surface area contributed by atoms with Gasteiger partial charge in [0.1, 0.15) is 6.10 Å². The summed E-state index contributed by atoms with van der Waals surface area (Å²) >= 11 is 5.53. The van der Waals surface area contributed by atoms with Crippen molar-refractivity contribution in [3.05, 3.63) is 42.3 Å². The Morgan fingerprint density at radius 3 is 2.69 bits per heavy atom. The minimum absolute atomic E-state index is 0.453. The van der Waals surface area contributed by atoms with Crippen LogP contribution in [0.5, 0.6) is 0 Å². The standard InChI is InChI=1S/C9H7IOS2/c10-8-3-7(5-13-8)9(11)6-1-2-12-4-6/h1-5,9,11H. The predicted molar refractivity (Wildman–Crippen MR) is 65.4 cm³/mol. The monoisotopic (exact) mass is 322 g/mol. The normalized spacial score (nSPS) is 13.1. The van der Waals surface area contributed by atoms with Crippen LogP contribution >= 0.6 is 45.3 Å². The van der Waals surface area contributed by atoms with Crippen LogP contribution in [-0.2, 0) is 0 Å². The van der Waals surface area contributed by atoms with Crippen LogP contribution in [0, 0.1) is 2.88 Å². The molecule has 0 aromatic carbocycles. The van der Waals surface area contributed by atoms with Gasteiger partial charge in [-0.3, -0.25) is 0 Å². The Balaban J connectivity index is 2.28. The number of hydrogen-bond acceptors (Lipinski definition) is 3. The quantitative estimate of drug-likeness (QED) is 0.839. The lowest BCUT2D eigenvalue weighted by atomic mass is 10.1. The average molecular weight is 322 g/mol. The summed E-state index contributed by atoms with van der Waals surface area (Å²) < 4.78 is 1.21. The van der Waals surface area contributed by atoms with Crippen molar-refractivity contribution in [1.29, 1.82) is 0 Å². The van der Waals surface area contributed by atoms with E-state index in [2.05, 4.69) is 22.6 Å². The molecule has 1 N–H and O–H groups in total. The molecule has 2 aromatic heterocycles. The molecule has 2 heterocycles. The largest absolute Gasteiger partial charge is 0.384 e. The highest BCUT2D eigenvalue weighted by atomic mass is 127. The molecule has 4 heteroatoms. The number of thiophene rings is 2. The molecule has 0 amide bonds. The van der Waals surface area contributed by atoms with Gasteiger partial charge in [-0.1, -0.05) is 0 Å². The summed E-state index contributed by atoms with van der Waals surface area (Å²) in [4.78, 5) is 0. The number of hydrogen-bond donors (Lipinski definition) is 1. The van der Waals surface area contributed by atoms with Crippen molar-refractivity contribution in [3.8, 4) is 0 Å². The number of rotatable bonds is 2. The Morgan fingerprint density at radius 1 is 1.31 bits per heavy atom. The molecule has 0 aliphatic rings. The number of halogens is 1. The van der Waals surface area contributed by atoms with Crippen molar-refractivity contribution in [3.63, 3.8) is 0 Å². The first-order valence-corrected chi connectivity index (χ1v) is 6.61. The Hall–Kier alpha value is 0.0900. The van der Waals surface area contributed by atoms with E-state index in [4.69, 9.17) is 0 Å². The molecule has 1 unspecified atom stereocenters. The molecule has 2 rings (SSSR count). The highest BCUT2D eigenvalue weighted by molar-refractivity contribution is 14.1. The molecule has 0 aliphatic carbocycles. The molecule has 1 nitrogen and oxygen atoms in total. The zero-order valence-electron chi connectivity index (χ0n) is 6.61. The van der Waals surface area contributed by atoms with Gasteiger partial charge >= 0.3 is 0 Å². The van der Waals surface area contributed by atoms with Gasteiger partial charge < -0.3 is 5.11 Å². The van der Waals surface area contributed by atoms with Gasteiger partial charge in [0.15, 0.2) is 0 Å². The fourth-order valence-electron chi connectivity index (χ4n) is 1.09. The van der Waals surface area contributed by atoms with E-state index in [0.717, 1.165) is 11.1 Å². The SMILES string of the molecule is OC(c1ccsc1)c1csc(I)c1. The van der Waals surface area contributed by atoms with Crippen LogP contribution in [0.25, 0.3) is 0 Å². The maximum Gasteiger partial charge on any atom is 0.106 e. The molecule has 68 valence electrons. The van der Waals surface area contributed by atoms with Crippen molar-refractivity contribution in [1.82, 2.24) is 0 Å². The lowest BCUT2D eigenvalue weighted by Gasteiger charge is -2.04. The molecule has 13 heavy (non-hydrogen) atoms. The van der Waals surface area contributed by atoms with Gasteiger partial charge in [-0.15, -0.1) is 11.3 Å². The lowest BCUT2D eigenvalue weighted by molar-refractivity contribution is 0.221. The molecule has 0 spiro atoms. The first kappa shape index (κ1) is 9.64. The summed E-state index contributed by atoms with van der Waals surface area (Å²) in [7, 11) is 0. The maximum absolute atomic E-state index is 9.90. The van der Waals surface area contributed by atoms with E-state index >= 15 is 0 Å². The third-order valence-electron chi connectivity index (χ3n) is 1.76. The molecule has 0 aliphatic heterocycles. The van der Waals surface area contributed by atoms with E-state index in [9.17, 15) is 5.11 Å². The van der Waals surface area contributed by atoms with E-state index in [1.807, 2.05) is 28.3 Å². The average Bonchev–Trinajstić information content (AvgIpc) is 2.72. The van der Waals surface area contributed by atoms with Crippen LogP contribution in [0.3, 0.4) is 0 Å². The van der Waals surface area contributed by atoms with Gasteiger partial charge in [0.2, 0.25) is 0 Å². The van der Waals surface area contributed by atoms with Crippen LogP contribution in [-0.4, -0.2) is 5.11 Å². The van der Waals surface area contributed by atoms with Gasteiger partial charge in [0.25, 0.3) is 0 Å². The van der Waals surface area contributed by atoms with Gasteiger partial charge in [0.05, 0.1) is 2.88 Å². The molecule has 2 aromatic rings. The van der Waals surface area contributed by atoms with Gasteiger partial charge in [-0.05, 0) is 62.0 Å². The molecular formula is C9H7IOS2. The maximum atomic E-state index is 9.90. The van der Waals surface area contributed by atoms with Crippen molar-refractivity contribution >= 4 is 45.3 Å². The number of aliphatic hydroxyl groups excluding tert-OH is 1. The van der Waals surface area contributed by atoms with Crippen LogP contribution < -0.4 is 0 Å². The summed E-state index contributed by atoms with van der Waals surface area (Å²) in [5, 5.41) is 15.9. The first-order chi connectivity index (χ1) is 6.27. The van der Waals surface area contributed by atoms with Crippen molar-refractivity contribution in [2.24, 2.45) is 0 Å². The highest BCUT2D eigenvalue weighted by Crippen LogP contribution is 2.28. The fraction of sp³-hybridized carbons (Fsp3) is 0.111. The fourth-order valence-corrected chi connectivity index (χ4v) is 3.16.